The lowest BCUT2D eigenvalue weighted by molar-refractivity contribution is 0.252. The SMILES string of the molecule is OCCCCCSc1nnc(Nc2ccc(SC(F)F)cc2)s1. The van der Waals surface area contributed by atoms with Crippen LogP contribution in [0.15, 0.2) is 33.5 Å². The van der Waals surface area contributed by atoms with Gasteiger partial charge in [-0.15, -0.1) is 10.2 Å². The topological polar surface area (TPSA) is 58.0 Å². The van der Waals surface area contributed by atoms with Crippen molar-refractivity contribution in [2.24, 2.45) is 0 Å². The zero-order valence-electron chi connectivity index (χ0n) is 12.2. The van der Waals surface area contributed by atoms with Crippen molar-refractivity contribution >= 4 is 45.7 Å². The molecule has 0 saturated carbocycles. The Morgan fingerprint density at radius 2 is 1.91 bits per heavy atom. The number of anilines is 2. The van der Waals surface area contributed by atoms with E-state index in [1.54, 1.807) is 36.0 Å². The Labute approximate surface area is 146 Å². The predicted molar refractivity (Wildman–Crippen MR) is 93.2 cm³/mol. The summed E-state index contributed by atoms with van der Waals surface area (Å²) in [4.78, 5) is 0.530. The van der Waals surface area contributed by atoms with E-state index in [1.807, 2.05) is 0 Å². The number of aliphatic hydroxyl groups is 1. The van der Waals surface area contributed by atoms with E-state index in [9.17, 15) is 8.78 Å². The third-order valence-electron chi connectivity index (χ3n) is 2.77. The number of halogens is 2. The summed E-state index contributed by atoms with van der Waals surface area (Å²) in [6, 6.07) is 6.79. The van der Waals surface area contributed by atoms with Crippen molar-refractivity contribution in [2.45, 2.75) is 34.3 Å². The van der Waals surface area contributed by atoms with Crippen LogP contribution in [0.1, 0.15) is 19.3 Å². The van der Waals surface area contributed by atoms with Crippen LogP contribution in [-0.4, -0.2) is 33.4 Å². The highest BCUT2D eigenvalue weighted by atomic mass is 32.2. The molecule has 1 heterocycles. The smallest absolute Gasteiger partial charge is 0.288 e. The van der Waals surface area contributed by atoms with Crippen LogP contribution in [0, 0.1) is 0 Å². The summed E-state index contributed by atoms with van der Waals surface area (Å²) in [6.07, 6.45) is 2.89. The van der Waals surface area contributed by atoms with Crippen molar-refractivity contribution in [1.29, 1.82) is 0 Å². The highest BCUT2D eigenvalue weighted by Crippen LogP contribution is 2.30. The number of hydrogen-bond donors (Lipinski definition) is 2. The van der Waals surface area contributed by atoms with E-state index < -0.39 is 5.76 Å². The summed E-state index contributed by atoms with van der Waals surface area (Å²) < 4.78 is 25.4. The quantitative estimate of drug-likeness (QED) is 0.456. The molecule has 4 nitrogen and oxygen atoms in total. The second-order valence-electron chi connectivity index (χ2n) is 4.53. The molecule has 0 saturated heterocycles. The third-order valence-corrected chi connectivity index (χ3v) is 5.55. The van der Waals surface area contributed by atoms with Gasteiger partial charge in [-0.2, -0.15) is 8.78 Å². The molecule has 0 amide bonds. The van der Waals surface area contributed by atoms with Gasteiger partial charge in [0.2, 0.25) is 5.13 Å². The fraction of sp³-hybridized carbons (Fsp3) is 0.429. The normalized spacial score (nSPS) is 11.1. The Kier molecular flexibility index (Phi) is 8.07. The Morgan fingerprint density at radius 1 is 1.13 bits per heavy atom. The lowest BCUT2D eigenvalue weighted by Crippen LogP contribution is -1.89. The van der Waals surface area contributed by atoms with Crippen LogP contribution < -0.4 is 5.32 Å². The van der Waals surface area contributed by atoms with Crippen LogP contribution in [-0.2, 0) is 0 Å². The van der Waals surface area contributed by atoms with E-state index in [0.717, 1.165) is 35.0 Å². The zero-order chi connectivity index (χ0) is 16.5. The van der Waals surface area contributed by atoms with Crippen molar-refractivity contribution < 1.29 is 13.9 Å². The molecule has 1 aromatic carbocycles. The largest absolute Gasteiger partial charge is 0.396 e. The van der Waals surface area contributed by atoms with Gasteiger partial charge in [0.05, 0.1) is 0 Å². The van der Waals surface area contributed by atoms with Crippen LogP contribution in [0.3, 0.4) is 0 Å². The molecule has 0 spiro atoms. The van der Waals surface area contributed by atoms with Crippen LogP contribution in [0.25, 0.3) is 0 Å². The van der Waals surface area contributed by atoms with Gasteiger partial charge in [-0.05, 0) is 37.1 Å². The van der Waals surface area contributed by atoms with E-state index in [4.69, 9.17) is 5.11 Å². The van der Waals surface area contributed by atoms with E-state index in [0.29, 0.717) is 21.8 Å². The fourth-order valence-electron chi connectivity index (χ4n) is 1.71. The average molecular weight is 378 g/mol. The zero-order valence-corrected chi connectivity index (χ0v) is 14.7. The molecular weight excluding hydrogens is 360 g/mol. The van der Waals surface area contributed by atoms with Gasteiger partial charge in [-0.3, -0.25) is 0 Å². The van der Waals surface area contributed by atoms with Gasteiger partial charge in [0.1, 0.15) is 0 Å². The van der Waals surface area contributed by atoms with Gasteiger partial charge in [-0.1, -0.05) is 41.3 Å². The molecule has 0 fully saturated rings. The van der Waals surface area contributed by atoms with E-state index in [-0.39, 0.29) is 6.61 Å². The van der Waals surface area contributed by atoms with E-state index in [2.05, 4.69) is 15.5 Å². The number of aliphatic hydroxyl groups excluding tert-OH is 1. The number of rotatable bonds is 10. The molecule has 0 bridgehead atoms. The van der Waals surface area contributed by atoms with Crippen LogP contribution in [0.2, 0.25) is 0 Å². The highest BCUT2D eigenvalue weighted by molar-refractivity contribution is 8.01. The number of alkyl halides is 2. The summed E-state index contributed by atoms with van der Waals surface area (Å²) in [5.41, 5.74) is 0.791. The Bertz CT molecular complexity index is 581. The van der Waals surface area contributed by atoms with Crippen LogP contribution in [0.4, 0.5) is 19.6 Å². The van der Waals surface area contributed by atoms with Gasteiger partial charge in [0.15, 0.2) is 4.34 Å². The molecule has 126 valence electrons. The summed E-state index contributed by atoms with van der Waals surface area (Å²) >= 11 is 3.64. The van der Waals surface area contributed by atoms with Gasteiger partial charge in [0, 0.05) is 22.9 Å². The lowest BCUT2D eigenvalue weighted by atomic mass is 10.3. The molecule has 2 rings (SSSR count). The predicted octanol–water partition coefficient (Wildman–Crippen LogP) is 4.85. The minimum absolute atomic E-state index is 0.242. The first kappa shape index (κ1) is 18.4. The average Bonchev–Trinajstić information content (AvgIpc) is 2.96. The van der Waals surface area contributed by atoms with Gasteiger partial charge < -0.3 is 10.4 Å². The van der Waals surface area contributed by atoms with Crippen molar-refractivity contribution in [1.82, 2.24) is 10.2 Å². The summed E-state index contributed by atoms with van der Waals surface area (Å²) in [5.74, 6) is -1.46. The molecule has 2 N–H and O–H groups in total. The Hall–Kier alpha value is -0.900. The van der Waals surface area contributed by atoms with Crippen molar-refractivity contribution in [2.75, 3.05) is 17.7 Å². The number of nitrogens with one attached hydrogen (secondary N) is 1. The maximum absolute atomic E-state index is 12.3. The standard InChI is InChI=1S/C14H17F2N3OS3/c15-12(16)22-11-6-4-10(5-7-11)17-13-18-19-14(23-13)21-9-3-1-2-8-20/h4-7,12,20H,1-3,8-9H2,(H,17,18). The number of aromatic nitrogens is 2. The molecule has 0 radical (unpaired) electrons. The summed E-state index contributed by atoms with van der Waals surface area (Å²) in [6.45, 7) is 0.242. The number of hydrogen-bond acceptors (Lipinski definition) is 7. The summed E-state index contributed by atoms with van der Waals surface area (Å²) in [5, 5.41) is 20.7. The molecule has 9 heteroatoms. The Balaban J connectivity index is 1.79. The minimum Gasteiger partial charge on any atom is -0.396 e. The van der Waals surface area contributed by atoms with Gasteiger partial charge >= 0.3 is 0 Å². The first-order valence-corrected chi connectivity index (χ1v) is 9.74. The molecule has 0 aliphatic heterocycles. The molecule has 0 aliphatic rings. The monoisotopic (exact) mass is 377 g/mol. The first-order valence-electron chi connectivity index (χ1n) is 7.06. The van der Waals surface area contributed by atoms with Crippen molar-refractivity contribution in [3.8, 4) is 0 Å². The molecule has 1 aromatic heterocycles. The molecule has 0 atom stereocenters. The van der Waals surface area contributed by atoms with Crippen molar-refractivity contribution in [3.63, 3.8) is 0 Å². The molecule has 0 aliphatic carbocycles. The van der Waals surface area contributed by atoms with E-state index >= 15 is 0 Å². The number of nitrogens with zero attached hydrogens (tertiary/aromatic N) is 2. The summed E-state index contributed by atoms with van der Waals surface area (Å²) in [7, 11) is 0. The Morgan fingerprint density at radius 3 is 2.61 bits per heavy atom. The van der Waals surface area contributed by atoms with Gasteiger partial charge in [-0.25, -0.2) is 0 Å². The maximum Gasteiger partial charge on any atom is 0.288 e. The van der Waals surface area contributed by atoms with Crippen LogP contribution in [0.5, 0.6) is 0 Å². The second kappa shape index (κ2) is 10.1. The molecule has 0 unspecified atom stereocenters. The lowest BCUT2D eigenvalue weighted by Gasteiger charge is -2.03. The van der Waals surface area contributed by atoms with Crippen molar-refractivity contribution in [3.05, 3.63) is 24.3 Å². The van der Waals surface area contributed by atoms with E-state index in [1.165, 1.54) is 11.3 Å². The van der Waals surface area contributed by atoms with Gasteiger partial charge in [0.25, 0.3) is 5.76 Å². The maximum atomic E-state index is 12.3. The highest BCUT2D eigenvalue weighted by Gasteiger charge is 2.07. The third kappa shape index (κ3) is 7.03. The molecule has 23 heavy (non-hydrogen) atoms. The fourth-order valence-corrected chi connectivity index (χ4v) is 4.05. The number of benzene rings is 1. The minimum atomic E-state index is -2.41. The molecular formula is C14H17F2N3OS3. The molecule has 2 aromatic rings. The van der Waals surface area contributed by atoms with Crippen LogP contribution >= 0.6 is 34.9 Å². The number of unbranched alkanes of at least 4 members (excludes halogenated alkanes) is 2. The number of thioether (sulfide) groups is 2. The first-order chi connectivity index (χ1) is 11.2. The second-order valence-corrected chi connectivity index (χ2v) is 7.92.